The van der Waals surface area contributed by atoms with Gasteiger partial charge in [-0.15, -0.1) is 0 Å². The van der Waals surface area contributed by atoms with Crippen LogP contribution in [0.1, 0.15) is 16.7 Å². The summed E-state index contributed by atoms with van der Waals surface area (Å²) in [6, 6.07) is 53.3. The maximum Gasteiger partial charge on any atom is 0.119 e. The average molecular weight is 607 g/mol. The molecule has 0 N–H and O–H groups in total. The minimum atomic E-state index is -0.829. The highest BCUT2D eigenvalue weighted by atomic mass is 31.1. The number of ether oxygens (including phenoxy) is 3. The molecule has 0 bridgehead atoms. The lowest BCUT2D eigenvalue weighted by Crippen LogP contribution is -2.22. The molecule has 0 atom stereocenters. The van der Waals surface area contributed by atoms with Gasteiger partial charge in [-0.05, 0) is 99.7 Å². The second-order valence-electron chi connectivity index (χ2n) is 10.5. The predicted octanol–water partition coefficient (Wildman–Crippen LogP) is 8.73. The van der Waals surface area contributed by atoms with Gasteiger partial charge < -0.3 is 14.2 Å². The van der Waals surface area contributed by atoms with Crippen LogP contribution < -0.4 is 30.1 Å². The quantitative estimate of drug-likeness (QED) is 0.115. The molecule has 222 valence electrons. The zero-order chi connectivity index (χ0) is 31.0. The van der Waals surface area contributed by atoms with Crippen molar-refractivity contribution in [1.29, 1.82) is 0 Å². The summed E-state index contributed by atoms with van der Waals surface area (Å²) in [5.41, 5.74) is 6.64. The largest absolute Gasteiger partial charge is 0.497 e. The Bertz CT molecular complexity index is 1840. The third-order valence-electron chi connectivity index (χ3n) is 7.81. The Balaban J connectivity index is 1.60. The van der Waals surface area contributed by atoms with Crippen LogP contribution in [0.25, 0.3) is 22.8 Å². The first-order valence-corrected chi connectivity index (χ1v) is 16.2. The molecule has 6 aromatic rings. The van der Waals surface area contributed by atoms with E-state index in [0.29, 0.717) is 0 Å². The van der Waals surface area contributed by atoms with Gasteiger partial charge in [0.2, 0.25) is 0 Å². The van der Waals surface area contributed by atoms with Gasteiger partial charge in [0.15, 0.2) is 0 Å². The summed E-state index contributed by atoms with van der Waals surface area (Å²) >= 11 is 0. The lowest BCUT2D eigenvalue weighted by atomic mass is 9.89. The number of benzene rings is 6. The van der Waals surface area contributed by atoms with E-state index in [1.165, 1.54) is 21.5 Å². The van der Waals surface area contributed by atoms with Gasteiger partial charge in [0, 0.05) is 0 Å². The molecule has 0 saturated heterocycles. The minimum absolute atomic E-state index is 0.800. The van der Waals surface area contributed by atoms with Crippen molar-refractivity contribution in [1.82, 2.24) is 0 Å². The van der Waals surface area contributed by atoms with Crippen molar-refractivity contribution >= 4 is 35.5 Å². The lowest BCUT2D eigenvalue weighted by molar-refractivity contribution is 0.414. The number of hydrogen-bond donors (Lipinski definition) is 0. The van der Waals surface area contributed by atoms with Crippen LogP contribution in [0.5, 0.6) is 17.2 Å². The van der Waals surface area contributed by atoms with Crippen LogP contribution in [-0.2, 0) is 0 Å². The molecule has 0 aliphatic carbocycles. The average Bonchev–Trinajstić information content (AvgIpc) is 3.12. The fraction of sp³-hybridized carbons (Fsp3) is 0.0732. The maximum absolute atomic E-state index is 5.81. The standard InChI is InChI=1S/C41H35O3P/c1-42-32-22-18-30(19-23-32)28-39(31-20-24-33(43-2)25-21-31)40-29-34(44-3)26-27-37(40)38-16-10-11-17-41(38)45(35-12-6-4-7-13-35)36-14-8-5-9-15-36/h4-29H,1-3H3/b39-28+. The Labute approximate surface area is 267 Å². The number of methoxy groups -OCH3 is 3. The first kappa shape index (κ1) is 29.9. The monoisotopic (exact) mass is 606 g/mol. The lowest BCUT2D eigenvalue weighted by Gasteiger charge is -2.24. The molecule has 0 aliphatic heterocycles. The van der Waals surface area contributed by atoms with E-state index in [2.05, 4.69) is 133 Å². The Morgan fingerprint density at radius 2 is 1.00 bits per heavy atom. The van der Waals surface area contributed by atoms with Crippen LogP contribution >= 0.6 is 7.92 Å². The van der Waals surface area contributed by atoms with Crippen LogP contribution in [0.3, 0.4) is 0 Å². The first-order valence-electron chi connectivity index (χ1n) is 14.9. The molecule has 0 radical (unpaired) electrons. The number of hydrogen-bond acceptors (Lipinski definition) is 3. The highest BCUT2D eigenvalue weighted by Crippen LogP contribution is 2.41. The number of rotatable bonds is 10. The molecule has 0 spiro atoms. The van der Waals surface area contributed by atoms with Gasteiger partial charge in [0.1, 0.15) is 17.2 Å². The molecule has 6 aromatic carbocycles. The SMILES string of the molecule is COc1ccc(/C=C(\c2ccc(OC)cc2)c2cc(OC)ccc2-c2ccccc2P(c2ccccc2)c2ccccc2)cc1. The van der Waals surface area contributed by atoms with Gasteiger partial charge in [-0.2, -0.15) is 0 Å². The Hall–Kier alpha value is -5.11. The van der Waals surface area contributed by atoms with Gasteiger partial charge in [-0.25, -0.2) is 0 Å². The molecular weight excluding hydrogens is 571 g/mol. The molecule has 45 heavy (non-hydrogen) atoms. The van der Waals surface area contributed by atoms with Gasteiger partial charge in [0.05, 0.1) is 21.3 Å². The van der Waals surface area contributed by atoms with Crippen LogP contribution in [0.4, 0.5) is 0 Å². The van der Waals surface area contributed by atoms with Gasteiger partial charge in [-0.1, -0.05) is 115 Å². The fourth-order valence-corrected chi connectivity index (χ4v) is 8.01. The summed E-state index contributed by atoms with van der Waals surface area (Å²) in [7, 11) is 4.27. The molecule has 0 saturated carbocycles. The van der Waals surface area contributed by atoms with E-state index in [1.54, 1.807) is 21.3 Å². The minimum Gasteiger partial charge on any atom is -0.497 e. The van der Waals surface area contributed by atoms with Crippen LogP contribution in [0.15, 0.2) is 152 Å². The molecule has 0 fully saturated rings. The summed E-state index contributed by atoms with van der Waals surface area (Å²) < 4.78 is 16.7. The maximum atomic E-state index is 5.81. The van der Waals surface area contributed by atoms with Gasteiger partial charge in [0.25, 0.3) is 0 Å². The second kappa shape index (κ2) is 14.1. The van der Waals surface area contributed by atoms with Crippen molar-refractivity contribution in [3.63, 3.8) is 0 Å². The molecule has 0 amide bonds. The van der Waals surface area contributed by atoms with Crippen molar-refractivity contribution in [2.45, 2.75) is 0 Å². The Kier molecular flexibility index (Phi) is 9.39. The van der Waals surface area contributed by atoms with E-state index >= 15 is 0 Å². The van der Waals surface area contributed by atoms with Crippen LogP contribution in [0, 0.1) is 0 Å². The summed E-state index contributed by atoms with van der Waals surface area (Å²) in [6.45, 7) is 0. The Morgan fingerprint density at radius 1 is 0.489 bits per heavy atom. The van der Waals surface area contributed by atoms with Crippen LogP contribution in [-0.4, -0.2) is 21.3 Å². The first-order chi connectivity index (χ1) is 22.2. The van der Waals surface area contributed by atoms with E-state index in [0.717, 1.165) is 45.1 Å². The van der Waals surface area contributed by atoms with Crippen LogP contribution in [0.2, 0.25) is 0 Å². The predicted molar refractivity (Wildman–Crippen MR) is 190 cm³/mol. The third-order valence-corrected chi connectivity index (χ3v) is 10.3. The van der Waals surface area contributed by atoms with E-state index in [4.69, 9.17) is 14.2 Å². The van der Waals surface area contributed by atoms with E-state index < -0.39 is 7.92 Å². The zero-order valence-corrected chi connectivity index (χ0v) is 26.6. The molecular formula is C41H35O3P. The normalized spacial score (nSPS) is 11.3. The van der Waals surface area contributed by atoms with E-state index in [-0.39, 0.29) is 0 Å². The highest BCUT2D eigenvalue weighted by molar-refractivity contribution is 7.80. The van der Waals surface area contributed by atoms with Crippen molar-refractivity contribution < 1.29 is 14.2 Å². The molecule has 0 aliphatic rings. The molecule has 6 rings (SSSR count). The van der Waals surface area contributed by atoms with Gasteiger partial charge >= 0.3 is 0 Å². The Morgan fingerprint density at radius 3 is 1.58 bits per heavy atom. The van der Waals surface area contributed by atoms with Crippen molar-refractivity contribution in [3.05, 3.63) is 168 Å². The summed E-state index contributed by atoms with van der Waals surface area (Å²) in [5, 5.41) is 3.92. The van der Waals surface area contributed by atoms with E-state index in [9.17, 15) is 0 Å². The highest BCUT2D eigenvalue weighted by Gasteiger charge is 2.22. The molecule has 0 unspecified atom stereocenters. The zero-order valence-electron chi connectivity index (χ0n) is 25.7. The summed E-state index contributed by atoms with van der Waals surface area (Å²) in [4.78, 5) is 0. The summed E-state index contributed by atoms with van der Waals surface area (Å²) in [6.07, 6.45) is 2.24. The third kappa shape index (κ3) is 6.70. The molecule has 0 heterocycles. The molecule has 4 heteroatoms. The second-order valence-corrected chi connectivity index (χ2v) is 12.7. The van der Waals surface area contributed by atoms with Crippen molar-refractivity contribution in [3.8, 4) is 28.4 Å². The van der Waals surface area contributed by atoms with Crippen molar-refractivity contribution in [2.24, 2.45) is 0 Å². The smallest absolute Gasteiger partial charge is 0.119 e. The summed E-state index contributed by atoms with van der Waals surface area (Å²) in [5.74, 6) is 2.44. The van der Waals surface area contributed by atoms with E-state index in [1.807, 2.05) is 24.3 Å². The van der Waals surface area contributed by atoms with Gasteiger partial charge in [-0.3, -0.25) is 0 Å². The topological polar surface area (TPSA) is 27.7 Å². The fourth-order valence-electron chi connectivity index (χ4n) is 5.54. The molecule has 0 aromatic heterocycles. The molecule has 3 nitrogen and oxygen atoms in total. The van der Waals surface area contributed by atoms with Crippen molar-refractivity contribution in [2.75, 3.05) is 21.3 Å².